The van der Waals surface area contributed by atoms with Crippen LogP contribution in [0.2, 0.25) is 0 Å². The molecule has 3 N–H and O–H groups in total. The Morgan fingerprint density at radius 2 is 1.81 bits per heavy atom. The Balaban J connectivity index is 2.04. The molecule has 6 nitrogen and oxygen atoms in total. The van der Waals surface area contributed by atoms with Crippen LogP contribution in [0.25, 0.3) is 0 Å². The van der Waals surface area contributed by atoms with Crippen molar-refractivity contribution in [1.82, 2.24) is 10.6 Å². The summed E-state index contributed by atoms with van der Waals surface area (Å²) >= 11 is 8.53. The van der Waals surface area contributed by atoms with Crippen LogP contribution in [0.4, 0.5) is 5.69 Å². The van der Waals surface area contributed by atoms with Gasteiger partial charge in [-0.2, -0.15) is 0 Å². The van der Waals surface area contributed by atoms with E-state index < -0.39 is 0 Å². The lowest BCUT2D eigenvalue weighted by Crippen LogP contribution is -2.34. The Hall–Kier alpha value is -2.45. The number of rotatable bonds is 5. The molecule has 2 aromatic carbocycles. The van der Waals surface area contributed by atoms with Gasteiger partial charge in [0, 0.05) is 22.8 Å². The molecule has 0 radical (unpaired) electrons. The van der Waals surface area contributed by atoms with Crippen LogP contribution in [0.3, 0.4) is 0 Å². The van der Waals surface area contributed by atoms with Crippen molar-refractivity contribution in [3.63, 3.8) is 0 Å². The van der Waals surface area contributed by atoms with Crippen molar-refractivity contribution in [2.24, 2.45) is 0 Å². The lowest BCUT2D eigenvalue weighted by Gasteiger charge is -2.13. The van der Waals surface area contributed by atoms with Crippen molar-refractivity contribution in [1.29, 1.82) is 0 Å². The summed E-state index contributed by atoms with van der Waals surface area (Å²) in [7, 11) is 1.57. The molecule has 0 aromatic heterocycles. The zero-order valence-corrected chi connectivity index (χ0v) is 16.7. The quantitative estimate of drug-likeness (QED) is 0.627. The smallest absolute Gasteiger partial charge is 0.261 e. The van der Waals surface area contributed by atoms with Gasteiger partial charge in [0.05, 0.1) is 12.2 Å². The Morgan fingerprint density at radius 3 is 2.42 bits per heavy atom. The van der Waals surface area contributed by atoms with E-state index in [4.69, 9.17) is 17.0 Å². The second kappa shape index (κ2) is 9.30. The van der Waals surface area contributed by atoms with E-state index >= 15 is 0 Å². The molecule has 2 aromatic rings. The van der Waals surface area contributed by atoms with Gasteiger partial charge in [0.2, 0.25) is 0 Å². The maximum absolute atomic E-state index is 12.5. The van der Waals surface area contributed by atoms with Crippen molar-refractivity contribution < 1.29 is 14.3 Å². The van der Waals surface area contributed by atoms with Crippen molar-refractivity contribution in [3.05, 3.63) is 58.1 Å². The van der Waals surface area contributed by atoms with Gasteiger partial charge in [-0.05, 0) is 61.6 Å². The monoisotopic (exact) mass is 435 g/mol. The van der Waals surface area contributed by atoms with E-state index in [0.717, 1.165) is 4.47 Å². The average molecular weight is 436 g/mol. The molecule has 0 atom stereocenters. The van der Waals surface area contributed by atoms with Crippen LogP contribution in [-0.2, 0) is 0 Å². The number of benzene rings is 2. The highest BCUT2D eigenvalue weighted by molar-refractivity contribution is 9.10. The van der Waals surface area contributed by atoms with Crippen LogP contribution in [0.15, 0.2) is 46.9 Å². The van der Waals surface area contributed by atoms with Crippen LogP contribution < -0.4 is 20.7 Å². The minimum Gasteiger partial charge on any atom is -0.493 e. The molecule has 8 heteroatoms. The number of nitrogens with one attached hydrogen (secondary N) is 3. The topological polar surface area (TPSA) is 79.5 Å². The van der Waals surface area contributed by atoms with Crippen molar-refractivity contribution in [3.8, 4) is 5.75 Å². The third kappa shape index (κ3) is 5.27. The molecule has 0 aliphatic carbocycles. The van der Waals surface area contributed by atoms with Gasteiger partial charge >= 0.3 is 0 Å². The summed E-state index contributed by atoms with van der Waals surface area (Å²) in [6, 6.07) is 11.9. The van der Waals surface area contributed by atoms with Gasteiger partial charge in [0.25, 0.3) is 11.8 Å². The summed E-state index contributed by atoms with van der Waals surface area (Å²) in [6.45, 7) is 2.29. The number of thiocarbonyl (C=S) groups is 1. The highest BCUT2D eigenvalue weighted by Gasteiger charge is 2.15. The first kappa shape index (κ1) is 19.9. The van der Waals surface area contributed by atoms with Gasteiger partial charge in [0.1, 0.15) is 5.75 Å². The standard InChI is InChI=1S/C18H18BrN3O3S/c1-3-25-15-9-6-12(19)10-14(15)17(24)22-18(26)21-13-7-4-11(5-8-13)16(23)20-2/h4-10H,3H2,1-2H3,(H,20,23)(H2,21,22,24,26). The minimum absolute atomic E-state index is 0.144. The summed E-state index contributed by atoms with van der Waals surface area (Å²) in [5, 5.41) is 8.22. The summed E-state index contributed by atoms with van der Waals surface area (Å²) < 4.78 is 6.24. The molecule has 0 saturated heterocycles. The third-order valence-electron chi connectivity index (χ3n) is 3.35. The van der Waals surface area contributed by atoms with Crippen molar-refractivity contribution in [2.75, 3.05) is 19.0 Å². The van der Waals surface area contributed by atoms with E-state index in [0.29, 0.717) is 29.2 Å². The molecule has 0 heterocycles. The van der Waals surface area contributed by atoms with Crippen LogP contribution in [0.1, 0.15) is 27.6 Å². The van der Waals surface area contributed by atoms with Gasteiger partial charge in [-0.1, -0.05) is 15.9 Å². The summed E-state index contributed by atoms with van der Waals surface area (Å²) in [5.74, 6) is -0.0781. The predicted molar refractivity (Wildman–Crippen MR) is 109 cm³/mol. The first-order valence-corrected chi connectivity index (χ1v) is 9.01. The maximum Gasteiger partial charge on any atom is 0.261 e. The number of hydrogen-bond donors (Lipinski definition) is 3. The molecule has 2 amide bonds. The molecule has 0 spiro atoms. The van der Waals surface area contributed by atoms with Crippen LogP contribution in [-0.4, -0.2) is 30.6 Å². The second-order valence-electron chi connectivity index (χ2n) is 5.14. The number of amides is 2. The van der Waals surface area contributed by atoms with Gasteiger partial charge < -0.3 is 15.4 Å². The molecule has 0 unspecified atom stereocenters. The first-order chi connectivity index (χ1) is 12.4. The highest BCUT2D eigenvalue weighted by atomic mass is 79.9. The molecule has 0 fully saturated rings. The maximum atomic E-state index is 12.5. The Kier molecular flexibility index (Phi) is 7.11. The second-order valence-corrected chi connectivity index (χ2v) is 6.46. The fourth-order valence-corrected chi connectivity index (χ4v) is 2.71. The van der Waals surface area contributed by atoms with E-state index in [1.807, 2.05) is 6.92 Å². The summed E-state index contributed by atoms with van der Waals surface area (Å²) in [5.41, 5.74) is 1.56. The van der Waals surface area contributed by atoms with E-state index in [1.165, 1.54) is 0 Å². The Labute approximate surface area is 165 Å². The van der Waals surface area contributed by atoms with Gasteiger partial charge in [0.15, 0.2) is 5.11 Å². The number of carbonyl (C=O) groups is 2. The fraction of sp³-hybridized carbons (Fsp3) is 0.167. The average Bonchev–Trinajstić information content (AvgIpc) is 2.63. The summed E-state index contributed by atoms with van der Waals surface area (Å²) in [6.07, 6.45) is 0. The molecule has 2 rings (SSSR count). The molecule has 26 heavy (non-hydrogen) atoms. The largest absolute Gasteiger partial charge is 0.493 e. The normalized spacial score (nSPS) is 9.96. The lowest BCUT2D eigenvalue weighted by atomic mass is 10.2. The van der Waals surface area contributed by atoms with Gasteiger partial charge in [-0.15, -0.1) is 0 Å². The molecular weight excluding hydrogens is 418 g/mol. The van der Waals surface area contributed by atoms with Gasteiger partial charge in [-0.3, -0.25) is 14.9 Å². The van der Waals surface area contributed by atoms with Crippen LogP contribution in [0, 0.1) is 0 Å². The molecule has 0 aliphatic heterocycles. The fourth-order valence-electron chi connectivity index (χ4n) is 2.14. The number of hydrogen-bond acceptors (Lipinski definition) is 4. The highest BCUT2D eigenvalue weighted by Crippen LogP contribution is 2.23. The van der Waals surface area contributed by atoms with E-state index in [9.17, 15) is 9.59 Å². The number of carbonyl (C=O) groups excluding carboxylic acids is 2. The van der Waals surface area contributed by atoms with Crippen LogP contribution >= 0.6 is 28.1 Å². The van der Waals surface area contributed by atoms with E-state index in [1.54, 1.807) is 49.5 Å². The zero-order chi connectivity index (χ0) is 19.1. The van der Waals surface area contributed by atoms with Gasteiger partial charge in [-0.25, -0.2) is 0 Å². The molecule has 0 aliphatic rings. The molecular formula is C18H18BrN3O3S. The first-order valence-electron chi connectivity index (χ1n) is 7.81. The number of halogens is 1. The molecule has 136 valence electrons. The summed E-state index contributed by atoms with van der Waals surface area (Å²) in [4.78, 5) is 24.0. The third-order valence-corrected chi connectivity index (χ3v) is 4.04. The zero-order valence-electron chi connectivity index (χ0n) is 14.3. The molecule has 0 bridgehead atoms. The Bertz CT molecular complexity index is 825. The minimum atomic E-state index is -0.380. The lowest BCUT2D eigenvalue weighted by molar-refractivity contribution is 0.0958. The SMILES string of the molecule is CCOc1ccc(Br)cc1C(=O)NC(=S)Nc1ccc(C(=O)NC)cc1. The van der Waals surface area contributed by atoms with E-state index in [2.05, 4.69) is 31.9 Å². The van der Waals surface area contributed by atoms with E-state index in [-0.39, 0.29) is 16.9 Å². The van der Waals surface area contributed by atoms with Crippen molar-refractivity contribution >= 4 is 50.8 Å². The Morgan fingerprint density at radius 1 is 1.12 bits per heavy atom. The molecule has 0 saturated carbocycles. The number of ether oxygens (including phenoxy) is 1. The van der Waals surface area contributed by atoms with Crippen molar-refractivity contribution in [2.45, 2.75) is 6.92 Å². The van der Waals surface area contributed by atoms with Crippen LogP contribution in [0.5, 0.6) is 5.75 Å². The number of anilines is 1. The predicted octanol–water partition coefficient (Wildman–Crippen LogP) is 3.33.